The van der Waals surface area contributed by atoms with Crippen molar-refractivity contribution in [3.63, 3.8) is 0 Å². The molecule has 1 aliphatic heterocycles. The molecule has 1 fully saturated rings. The van der Waals surface area contributed by atoms with Gasteiger partial charge in [-0.3, -0.25) is 0 Å². The van der Waals surface area contributed by atoms with Crippen LogP contribution in [-0.4, -0.2) is 29.8 Å². The number of hydrogen-bond acceptors (Lipinski definition) is 5. The van der Waals surface area contributed by atoms with Crippen molar-refractivity contribution >= 4 is 0 Å². The lowest BCUT2D eigenvalue weighted by Gasteiger charge is -2.18. The number of hydrogen-bond donors (Lipinski definition) is 1. The highest BCUT2D eigenvalue weighted by Crippen LogP contribution is 2.38. The van der Waals surface area contributed by atoms with Gasteiger partial charge in [-0.15, -0.1) is 0 Å². The molecule has 1 aromatic carbocycles. The summed E-state index contributed by atoms with van der Waals surface area (Å²) in [5, 5.41) is 7.16. The Morgan fingerprint density at radius 3 is 2.76 bits per heavy atom. The average Bonchev–Trinajstić information content (AvgIpc) is 3.21. The molecular formula is C21H28F3N3O2. The SMILES string of the molecule is CCCCCCCOc1ccc(-c2noc([C@@H]3CCCNC3)n2)cc1C(F)(F)F. The van der Waals surface area contributed by atoms with Gasteiger partial charge in [-0.2, -0.15) is 18.2 Å². The normalized spacial score (nSPS) is 17.4. The summed E-state index contributed by atoms with van der Waals surface area (Å²) >= 11 is 0. The third kappa shape index (κ3) is 5.95. The second kappa shape index (κ2) is 10.1. The quantitative estimate of drug-likeness (QED) is 0.547. The first-order valence-corrected chi connectivity index (χ1v) is 10.4. The fourth-order valence-electron chi connectivity index (χ4n) is 3.49. The zero-order chi connectivity index (χ0) is 20.7. The van der Waals surface area contributed by atoms with Crippen molar-refractivity contribution in [2.75, 3.05) is 19.7 Å². The van der Waals surface area contributed by atoms with E-state index in [2.05, 4.69) is 22.4 Å². The summed E-state index contributed by atoms with van der Waals surface area (Å²) in [5.74, 6) is 0.578. The van der Waals surface area contributed by atoms with Crippen LogP contribution in [0.2, 0.25) is 0 Å². The van der Waals surface area contributed by atoms with Crippen LogP contribution in [0, 0.1) is 0 Å². The Bertz CT molecular complexity index is 771. The molecule has 0 bridgehead atoms. The summed E-state index contributed by atoms with van der Waals surface area (Å²) in [6, 6.07) is 3.94. The van der Waals surface area contributed by atoms with E-state index in [9.17, 15) is 13.2 Å². The maximum atomic E-state index is 13.6. The van der Waals surface area contributed by atoms with Gasteiger partial charge in [0.05, 0.1) is 18.1 Å². The highest BCUT2D eigenvalue weighted by molar-refractivity contribution is 5.59. The maximum Gasteiger partial charge on any atom is 0.419 e. The zero-order valence-corrected chi connectivity index (χ0v) is 16.7. The van der Waals surface area contributed by atoms with Crippen LogP contribution in [0.3, 0.4) is 0 Å². The Morgan fingerprint density at radius 1 is 1.21 bits per heavy atom. The van der Waals surface area contributed by atoms with Gasteiger partial charge in [0.15, 0.2) is 0 Å². The Kier molecular flexibility index (Phi) is 7.52. The number of alkyl halides is 3. The lowest BCUT2D eigenvalue weighted by atomic mass is 10.00. The molecule has 2 aromatic rings. The predicted molar refractivity (Wildman–Crippen MR) is 104 cm³/mol. The summed E-state index contributed by atoms with van der Waals surface area (Å²) in [4.78, 5) is 4.34. The van der Waals surface area contributed by atoms with Gasteiger partial charge in [0.2, 0.25) is 11.7 Å². The smallest absolute Gasteiger partial charge is 0.419 e. The number of aromatic nitrogens is 2. The van der Waals surface area contributed by atoms with Crippen molar-refractivity contribution in [1.82, 2.24) is 15.5 Å². The standard InChI is InChI=1S/C21H28F3N3O2/c1-2-3-4-5-6-12-28-18-10-9-15(13-17(18)21(22,23)24)19-26-20(29-27-19)16-8-7-11-25-14-16/h9-10,13,16,25H,2-8,11-12,14H2,1H3/t16-/m1/s1. The number of nitrogens with zero attached hydrogens (tertiary/aromatic N) is 2. The molecule has 1 aromatic heterocycles. The molecule has 0 unspecified atom stereocenters. The average molecular weight is 411 g/mol. The van der Waals surface area contributed by atoms with Crippen molar-refractivity contribution in [3.8, 4) is 17.1 Å². The zero-order valence-electron chi connectivity index (χ0n) is 16.7. The second-order valence-electron chi connectivity index (χ2n) is 7.47. The van der Waals surface area contributed by atoms with Crippen LogP contribution >= 0.6 is 0 Å². The van der Waals surface area contributed by atoms with Crippen LogP contribution in [0.1, 0.15) is 69.2 Å². The summed E-state index contributed by atoms with van der Waals surface area (Å²) in [7, 11) is 0. The van der Waals surface area contributed by atoms with E-state index < -0.39 is 11.7 Å². The molecule has 0 spiro atoms. The van der Waals surface area contributed by atoms with E-state index in [0.717, 1.165) is 64.1 Å². The van der Waals surface area contributed by atoms with Crippen molar-refractivity contribution in [1.29, 1.82) is 0 Å². The largest absolute Gasteiger partial charge is 0.493 e. The first-order chi connectivity index (χ1) is 14.0. The Hall–Kier alpha value is -2.09. The number of piperidine rings is 1. The minimum Gasteiger partial charge on any atom is -0.493 e. The number of rotatable bonds is 9. The molecular weight excluding hydrogens is 383 g/mol. The van der Waals surface area contributed by atoms with Crippen LogP contribution in [0.15, 0.2) is 22.7 Å². The topological polar surface area (TPSA) is 60.2 Å². The maximum absolute atomic E-state index is 13.6. The molecule has 3 rings (SSSR count). The molecule has 160 valence electrons. The molecule has 5 nitrogen and oxygen atoms in total. The minimum absolute atomic E-state index is 0.0994. The number of ether oxygens (including phenoxy) is 1. The second-order valence-corrected chi connectivity index (χ2v) is 7.47. The van der Waals surface area contributed by atoms with Crippen molar-refractivity contribution in [3.05, 3.63) is 29.7 Å². The fraction of sp³-hybridized carbons (Fsp3) is 0.619. The molecule has 1 N–H and O–H groups in total. The molecule has 29 heavy (non-hydrogen) atoms. The van der Waals surface area contributed by atoms with Crippen molar-refractivity contribution in [2.45, 2.75) is 64.0 Å². The van der Waals surface area contributed by atoms with E-state index in [4.69, 9.17) is 9.26 Å². The molecule has 2 heterocycles. The molecule has 0 saturated carbocycles. The van der Waals surface area contributed by atoms with E-state index >= 15 is 0 Å². The molecule has 1 aliphatic rings. The summed E-state index contributed by atoms with van der Waals surface area (Å²) in [5.41, 5.74) is -0.541. The van der Waals surface area contributed by atoms with Gasteiger partial charge in [0.1, 0.15) is 5.75 Å². The van der Waals surface area contributed by atoms with Crippen LogP contribution in [0.25, 0.3) is 11.4 Å². The van der Waals surface area contributed by atoms with E-state index in [1.165, 1.54) is 6.07 Å². The van der Waals surface area contributed by atoms with Crippen molar-refractivity contribution < 1.29 is 22.4 Å². The first-order valence-electron chi connectivity index (χ1n) is 10.4. The van der Waals surface area contributed by atoms with Gasteiger partial charge in [0, 0.05) is 12.1 Å². The van der Waals surface area contributed by atoms with E-state index in [1.54, 1.807) is 6.07 Å². The van der Waals surface area contributed by atoms with Gasteiger partial charge in [0.25, 0.3) is 0 Å². The number of unbranched alkanes of at least 4 members (excludes halogenated alkanes) is 4. The third-order valence-electron chi connectivity index (χ3n) is 5.14. The van der Waals surface area contributed by atoms with Gasteiger partial charge >= 0.3 is 6.18 Å². The monoisotopic (exact) mass is 411 g/mol. The first kappa shape index (κ1) is 21.6. The molecule has 8 heteroatoms. The Morgan fingerprint density at radius 2 is 2.03 bits per heavy atom. The summed E-state index contributed by atoms with van der Waals surface area (Å²) in [6.07, 6.45) is 2.42. The lowest BCUT2D eigenvalue weighted by molar-refractivity contribution is -0.138. The molecule has 0 amide bonds. The van der Waals surface area contributed by atoms with Gasteiger partial charge in [-0.1, -0.05) is 37.8 Å². The van der Waals surface area contributed by atoms with Gasteiger partial charge < -0.3 is 14.6 Å². The number of halogens is 3. The predicted octanol–water partition coefficient (Wildman–Crippen LogP) is 5.57. The van der Waals surface area contributed by atoms with Crippen LogP contribution in [0.5, 0.6) is 5.75 Å². The van der Waals surface area contributed by atoms with E-state index in [-0.39, 0.29) is 29.7 Å². The minimum atomic E-state index is -4.52. The third-order valence-corrected chi connectivity index (χ3v) is 5.14. The van der Waals surface area contributed by atoms with Gasteiger partial charge in [-0.25, -0.2) is 0 Å². The molecule has 1 saturated heterocycles. The van der Waals surface area contributed by atoms with Gasteiger partial charge in [-0.05, 0) is 44.0 Å². The van der Waals surface area contributed by atoms with E-state index in [0.29, 0.717) is 5.89 Å². The summed E-state index contributed by atoms with van der Waals surface area (Å²) < 4.78 is 51.4. The highest BCUT2D eigenvalue weighted by atomic mass is 19.4. The highest BCUT2D eigenvalue weighted by Gasteiger charge is 2.35. The summed E-state index contributed by atoms with van der Waals surface area (Å²) in [6.45, 7) is 4.08. The molecule has 1 atom stereocenters. The molecule has 0 aliphatic carbocycles. The van der Waals surface area contributed by atoms with Crippen LogP contribution in [-0.2, 0) is 6.18 Å². The van der Waals surface area contributed by atoms with Crippen LogP contribution in [0.4, 0.5) is 13.2 Å². The number of benzene rings is 1. The Balaban J connectivity index is 1.71. The fourth-order valence-corrected chi connectivity index (χ4v) is 3.49. The lowest BCUT2D eigenvalue weighted by Crippen LogP contribution is -2.28. The van der Waals surface area contributed by atoms with E-state index in [1.807, 2.05) is 0 Å². The van der Waals surface area contributed by atoms with Crippen LogP contribution < -0.4 is 10.1 Å². The molecule has 0 radical (unpaired) electrons. The number of nitrogens with one attached hydrogen (secondary N) is 1. The van der Waals surface area contributed by atoms with Crippen molar-refractivity contribution in [2.24, 2.45) is 0 Å². The Labute approximate surface area is 169 Å².